The number of carbonyl (C=O) groups excluding carboxylic acids is 1. The van der Waals surface area contributed by atoms with Gasteiger partial charge < -0.3 is 15.3 Å². The van der Waals surface area contributed by atoms with Gasteiger partial charge in [0.05, 0.1) is 0 Å². The van der Waals surface area contributed by atoms with Gasteiger partial charge in [0.25, 0.3) is 0 Å². The average molecular weight is 280 g/mol. The van der Waals surface area contributed by atoms with Gasteiger partial charge in [-0.15, -0.1) is 0 Å². The lowest BCUT2D eigenvalue weighted by Crippen LogP contribution is -2.49. The highest BCUT2D eigenvalue weighted by Gasteiger charge is 2.64. The second-order valence-electron chi connectivity index (χ2n) is 5.18. The van der Waals surface area contributed by atoms with Crippen LogP contribution >= 0.6 is 0 Å². The van der Waals surface area contributed by atoms with Crippen LogP contribution in [0, 0.1) is 11.3 Å². The van der Waals surface area contributed by atoms with E-state index in [9.17, 15) is 22.8 Å². The van der Waals surface area contributed by atoms with E-state index in [1.165, 1.54) is 0 Å². The Bertz CT molecular complexity index is 395. The maximum absolute atomic E-state index is 12.9. The number of carboxylic acid groups (broad SMARTS) is 1. The second-order valence-corrected chi connectivity index (χ2v) is 5.18. The van der Waals surface area contributed by atoms with Crippen LogP contribution in [0.5, 0.6) is 0 Å². The minimum atomic E-state index is -4.84. The number of nitrogens with one attached hydrogen (secondary N) is 1. The van der Waals surface area contributed by atoms with Gasteiger partial charge in [0.2, 0.25) is 5.91 Å². The molecular weight excluding hydrogens is 265 g/mol. The number of alkyl halides is 3. The van der Waals surface area contributed by atoms with Crippen molar-refractivity contribution in [2.75, 3.05) is 26.2 Å². The molecule has 1 atom stereocenters. The molecule has 2 fully saturated rings. The van der Waals surface area contributed by atoms with E-state index in [0.717, 1.165) is 4.90 Å². The van der Waals surface area contributed by atoms with Gasteiger partial charge in [0.15, 0.2) is 5.41 Å². The Kier molecular flexibility index (Phi) is 3.46. The number of carboxylic acids is 1. The van der Waals surface area contributed by atoms with Crippen molar-refractivity contribution in [2.45, 2.75) is 19.0 Å². The summed E-state index contributed by atoms with van der Waals surface area (Å²) in [6.45, 7) is 0.446. The molecule has 2 N–H and O–H groups in total. The molecule has 1 unspecified atom stereocenters. The number of nitrogens with zero attached hydrogens (tertiary/aromatic N) is 1. The van der Waals surface area contributed by atoms with E-state index in [1.807, 2.05) is 0 Å². The zero-order valence-corrected chi connectivity index (χ0v) is 10.2. The van der Waals surface area contributed by atoms with Crippen molar-refractivity contribution in [1.29, 1.82) is 0 Å². The first kappa shape index (κ1) is 14.1. The smallest absolute Gasteiger partial charge is 0.406 e. The van der Waals surface area contributed by atoms with Crippen molar-refractivity contribution < 1.29 is 27.9 Å². The molecule has 2 rings (SSSR count). The Labute approximate surface area is 107 Å². The molecule has 0 aromatic heterocycles. The molecule has 2 aliphatic rings. The van der Waals surface area contributed by atoms with Crippen LogP contribution in [0.4, 0.5) is 13.2 Å². The van der Waals surface area contributed by atoms with Crippen molar-refractivity contribution >= 4 is 11.9 Å². The van der Waals surface area contributed by atoms with Crippen LogP contribution in [0.15, 0.2) is 0 Å². The zero-order valence-electron chi connectivity index (χ0n) is 10.2. The van der Waals surface area contributed by atoms with Crippen LogP contribution < -0.4 is 5.32 Å². The Hall–Kier alpha value is -1.31. The third-order valence-corrected chi connectivity index (χ3v) is 3.90. The highest BCUT2D eigenvalue weighted by molar-refractivity contribution is 5.81. The summed E-state index contributed by atoms with van der Waals surface area (Å²) in [5.41, 5.74) is -2.81. The number of halogens is 3. The van der Waals surface area contributed by atoms with Crippen LogP contribution in [-0.4, -0.2) is 54.2 Å². The molecule has 2 saturated heterocycles. The van der Waals surface area contributed by atoms with Gasteiger partial charge in [-0.25, -0.2) is 0 Å². The van der Waals surface area contributed by atoms with Gasteiger partial charge in [-0.3, -0.25) is 9.59 Å². The summed E-state index contributed by atoms with van der Waals surface area (Å²) in [5.74, 6) is -2.14. The highest BCUT2D eigenvalue weighted by atomic mass is 19.4. The molecule has 0 aromatic carbocycles. The number of likely N-dealkylation sites (tertiary alicyclic amines) is 1. The van der Waals surface area contributed by atoms with Crippen LogP contribution in [0.1, 0.15) is 12.8 Å². The Balaban J connectivity index is 2.04. The number of amides is 1. The van der Waals surface area contributed by atoms with Crippen LogP contribution in [0.2, 0.25) is 0 Å². The monoisotopic (exact) mass is 280 g/mol. The molecule has 1 amide bonds. The molecule has 2 aliphatic heterocycles. The lowest BCUT2D eigenvalue weighted by molar-refractivity contribution is -0.227. The topological polar surface area (TPSA) is 69.6 Å². The molecule has 108 valence electrons. The van der Waals surface area contributed by atoms with Crippen molar-refractivity contribution in [3.8, 4) is 0 Å². The number of hydrogen-bond donors (Lipinski definition) is 2. The predicted octanol–water partition coefficient (Wildman–Crippen LogP) is 0.461. The normalized spacial score (nSPS) is 28.3. The first-order valence-corrected chi connectivity index (χ1v) is 6.05. The Morgan fingerprint density at radius 3 is 2.37 bits per heavy atom. The average Bonchev–Trinajstić information content (AvgIpc) is 2.68. The molecule has 0 spiro atoms. The number of aliphatic carboxylic acids is 1. The van der Waals surface area contributed by atoms with Gasteiger partial charge in [-0.1, -0.05) is 0 Å². The third kappa shape index (κ3) is 2.41. The molecule has 8 heteroatoms. The summed E-state index contributed by atoms with van der Waals surface area (Å²) >= 11 is 0. The Morgan fingerprint density at radius 1 is 1.37 bits per heavy atom. The molecule has 2 heterocycles. The minimum absolute atomic E-state index is 0.148. The molecule has 0 saturated carbocycles. The van der Waals surface area contributed by atoms with E-state index >= 15 is 0 Å². The van der Waals surface area contributed by atoms with Crippen molar-refractivity contribution in [3.63, 3.8) is 0 Å². The molecule has 0 aliphatic carbocycles. The second kappa shape index (κ2) is 4.66. The fourth-order valence-electron chi connectivity index (χ4n) is 2.42. The van der Waals surface area contributed by atoms with Crippen LogP contribution in [0.3, 0.4) is 0 Å². The van der Waals surface area contributed by atoms with Crippen molar-refractivity contribution in [1.82, 2.24) is 10.2 Å². The summed E-state index contributed by atoms with van der Waals surface area (Å²) in [4.78, 5) is 23.8. The van der Waals surface area contributed by atoms with Gasteiger partial charge in [-0.2, -0.15) is 13.2 Å². The largest absolute Gasteiger partial charge is 0.481 e. The highest BCUT2D eigenvalue weighted by Crippen LogP contribution is 2.45. The van der Waals surface area contributed by atoms with E-state index in [0.29, 0.717) is 13.1 Å². The number of carbonyl (C=O) groups is 2. The first-order valence-electron chi connectivity index (χ1n) is 6.05. The standard InChI is InChI=1S/C11H15F3N2O3/c12-11(13,14)10(9(18)19)1-2-16(6-10)8(17)3-7-4-15-5-7/h7,15H,1-6H2,(H,18,19). The summed E-state index contributed by atoms with van der Waals surface area (Å²) in [6, 6.07) is 0. The fraction of sp³-hybridized carbons (Fsp3) is 0.818. The van der Waals surface area contributed by atoms with Crippen LogP contribution in [0.25, 0.3) is 0 Å². The first-order chi connectivity index (χ1) is 8.76. The fourth-order valence-corrected chi connectivity index (χ4v) is 2.42. The van der Waals surface area contributed by atoms with Gasteiger partial charge in [0.1, 0.15) is 0 Å². The maximum atomic E-state index is 12.9. The molecule has 0 bridgehead atoms. The van der Waals surface area contributed by atoms with Crippen LogP contribution in [-0.2, 0) is 9.59 Å². The van der Waals surface area contributed by atoms with Gasteiger partial charge in [0, 0.05) is 19.5 Å². The predicted molar refractivity (Wildman–Crippen MR) is 58.3 cm³/mol. The minimum Gasteiger partial charge on any atom is -0.481 e. The van der Waals surface area contributed by atoms with E-state index in [4.69, 9.17) is 5.11 Å². The van der Waals surface area contributed by atoms with Gasteiger partial charge >= 0.3 is 12.1 Å². The summed E-state index contributed by atoms with van der Waals surface area (Å²) in [7, 11) is 0. The zero-order chi connectivity index (χ0) is 14.3. The van der Waals surface area contributed by atoms with E-state index in [2.05, 4.69) is 5.32 Å². The van der Waals surface area contributed by atoms with Gasteiger partial charge in [-0.05, 0) is 25.4 Å². The van der Waals surface area contributed by atoms with Crippen molar-refractivity contribution in [3.05, 3.63) is 0 Å². The molecule has 0 radical (unpaired) electrons. The molecule has 19 heavy (non-hydrogen) atoms. The quantitative estimate of drug-likeness (QED) is 0.788. The number of hydrogen-bond acceptors (Lipinski definition) is 3. The van der Waals surface area contributed by atoms with E-state index < -0.39 is 30.5 Å². The molecule has 5 nitrogen and oxygen atoms in total. The lowest BCUT2D eigenvalue weighted by atomic mass is 9.86. The van der Waals surface area contributed by atoms with E-state index in [1.54, 1.807) is 0 Å². The summed E-state index contributed by atoms with van der Waals surface area (Å²) in [6.07, 6.45) is -5.23. The van der Waals surface area contributed by atoms with Crippen molar-refractivity contribution in [2.24, 2.45) is 11.3 Å². The maximum Gasteiger partial charge on any atom is 0.406 e. The third-order valence-electron chi connectivity index (χ3n) is 3.90. The summed E-state index contributed by atoms with van der Waals surface area (Å²) in [5, 5.41) is 11.8. The molecule has 0 aromatic rings. The van der Waals surface area contributed by atoms with E-state index in [-0.39, 0.29) is 24.8 Å². The Morgan fingerprint density at radius 2 is 2.00 bits per heavy atom. The number of rotatable bonds is 3. The molecular formula is C11H15F3N2O3. The SMILES string of the molecule is O=C(CC1CNC1)N1CCC(C(=O)O)(C(F)(F)F)C1. The summed E-state index contributed by atoms with van der Waals surface area (Å²) < 4.78 is 38.7. The lowest BCUT2D eigenvalue weighted by Gasteiger charge is -2.30.